The third kappa shape index (κ3) is 6.01. The van der Waals surface area contributed by atoms with Gasteiger partial charge in [0, 0.05) is 25.2 Å². The number of fused-ring (bicyclic) bond motifs is 7. The van der Waals surface area contributed by atoms with Crippen molar-refractivity contribution in [3.05, 3.63) is 35.9 Å². The van der Waals surface area contributed by atoms with Gasteiger partial charge in [0.2, 0.25) is 0 Å². The van der Waals surface area contributed by atoms with Gasteiger partial charge < -0.3 is 15.5 Å². The van der Waals surface area contributed by atoms with E-state index in [0.717, 1.165) is 51.4 Å². The molecule has 0 unspecified atom stereocenters. The van der Waals surface area contributed by atoms with Crippen LogP contribution in [0.5, 0.6) is 0 Å². The Labute approximate surface area is 372 Å². The number of alkyl halides is 1. The summed E-state index contributed by atoms with van der Waals surface area (Å²) in [6.45, 7) is 19.9. The van der Waals surface area contributed by atoms with E-state index in [2.05, 4.69) is 82.1 Å². The van der Waals surface area contributed by atoms with E-state index in [1.807, 2.05) is 13.8 Å². The van der Waals surface area contributed by atoms with Gasteiger partial charge in [0.05, 0.1) is 28.9 Å². The van der Waals surface area contributed by atoms with Gasteiger partial charge in [0.25, 0.3) is 0 Å². The molecule has 3 N–H and O–H groups in total. The van der Waals surface area contributed by atoms with E-state index in [0.29, 0.717) is 43.3 Å². The maximum atomic E-state index is 15.1. The number of rotatable bonds is 11. The van der Waals surface area contributed by atoms with Gasteiger partial charge in [0.1, 0.15) is 6.67 Å². The highest BCUT2D eigenvalue weighted by Gasteiger charge is 2.78. The number of hydrogen-bond donors (Lipinski definition) is 3. The first-order valence-electron chi connectivity index (χ1n) is 24.7. The lowest BCUT2D eigenvalue weighted by atomic mass is 9.29. The molecular formula is C52H79FN2O6S. The second-order valence-electron chi connectivity index (χ2n) is 25.1. The van der Waals surface area contributed by atoms with Gasteiger partial charge in [-0.2, -0.15) is 0 Å². The van der Waals surface area contributed by atoms with Gasteiger partial charge in [-0.15, -0.1) is 0 Å². The third-order valence-electron chi connectivity index (χ3n) is 22.8. The summed E-state index contributed by atoms with van der Waals surface area (Å²) in [7, 11) is -3.07. The average molecular weight is 879 g/mol. The average Bonchev–Trinajstić information content (AvgIpc) is 3.88. The molecule has 8 nitrogen and oxygen atoms in total. The number of nitrogens with zero attached hydrogens (tertiary/aromatic N) is 1. The molecule has 1 aliphatic heterocycles. The summed E-state index contributed by atoms with van der Waals surface area (Å²) in [5, 5.41) is 25.5. The summed E-state index contributed by atoms with van der Waals surface area (Å²) in [4.78, 5) is 28.0. The molecule has 62 heavy (non-hydrogen) atoms. The molecule has 13 atom stereocenters. The summed E-state index contributed by atoms with van der Waals surface area (Å²) in [5.41, 5.74) is -0.255. The molecule has 7 aliphatic carbocycles. The Balaban J connectivity index is 1.06. The molecule has 1 aromatic carbocycles. The molecule has 0 spiro atoms. The molecule has 0 aromatic heterocycles. The fourth-order valence-electron chi connectivity index (χ4n) is 18.9. The highest BCUT2D eigenvalue weighted by atomic mass is 32.2. The number of nitrogens with one attached hydrogen (secondary N) is 1. The lowest BCUT2D eigenvalue weighted by Crippen LogP contribution is -2.72. The van der Waals surface area contributed by atoms with Gasteiger partial charge in [-0.25, -0.2) is 12.8 Å². The minimum Gasteiger partial charge on any atom is -0.481 e. The molecule has 1 saturated heterocycles. The summed E-state index contributed by atoms with van der Waals surface area (Å²) in [5.74, 6) is -0.414. The molecule has 0 amide bonds. The van der Waals surface area contributed by atoms with Crippen LogP contribution < -0.4 is 5.32 Å². The van der Waals surface area contributed by atoms with Crippen LogP contribution in [0.25, 0.3) is 0 Å². The lowest BCUT2D eigenvalue weighted by Gasteiger charge is -2.75. The Bertz CT molecular complexity index is 2040. The Morgan fingerprint density at radius 1 is 0.790 bits per heavy atom. The van der Waals surface area contributed by atoms with E-state index in [1.54, 1.807) is 0 Å². The molecule has 1 aromatic rings. The van der Waals surface area contributed by atoms with Crippen LogP contribution in [0.4, 0.5) is 4.39 Å². The van der Waals surface area contributed by atoms with Crippen molar-refractivity contribution in [1.29, 1.82) is 0 Å². The highest BCUT2D eigenvalue weighted by Crippen LogP contribution is 2.82. The first kappa shape index (κ1) is 45.1. The van der Waals surface area contributed by atoms with Gasteiger partial charge in [-0.3, -0.25) is 14.5 Å². The number of carboxylic acid groups (broad SMARTS) is 2. The zero-order chi connectivity index (χ0) is 44.7. The van der Waals surface area contributed by atoms with Crippen molar-refractivity contribution in [3.8, 4) is 0 Å². The number of halogens is 1. The molecule has 8 fully saturated rings. The summed E-state index contributed by atoms with van der Waals surface area (Å²) >= 11 is 0. The second kappa shape index (κ2) is 14.5. The Hall–Kier alpha value is -2.04. The van der Waals surface area contributed by atoms with Crippen molar-refractivity contribution in [2.75, 3.05) is 37.8 Å². The van der Waals surface area contributed by atoms with E-state index in [-0.39, 0.29) is 67.9 Å². The molecule has 0 bridgehead atoms. The Morgan fingerprint density at radius 3 is 2.03 bits per heavy atom. The van der Waals surface area contributed by atoms with Crippen molar-refractivity contribution in [2.24, 2.45) is 78.8 Å². The minimum absolute atomic E-state index is 0.0447. The smallest absolute Gasteiger partial charge is 0.310 e. The van der Waals surface area contributed by atoms with Crippen molar-refractivity contribution < 1.29 is 32.6 Å². The van der Waals surface area contributed by atoms with Crippen LogP contribution in [-0.2, 0) is 25.8 Å². The molecule has 7 saturated carbocycles. The van der Waals surface area contributed by atoms with Crippen LogP contribution in [0.1, 0.15) is 144 Å². The number of benzene rings is 1. The van der Waals surface area contributed by atoms with Crippen molar-refractivity contribution >= 4 is 21.8 Å². The SMILES string of the molecule is CC1(C)[C@H]2CC[C@]3(C)[C@H](CC[C@@H]4[C@H]5[C@@](NC[C@H](CF)N6CCS(=O)(=O)CC6)(CC[C@]5(Cc5ccccc5)C5(C)CC5)CC[C@]43C)[C@]2(C)CC[C@@H]1[C@@]1(C(=O)O)C[C@@H](C(=O)O)C1(C)C. The maximum absolute atomic E-state index is 15.1. The van der Waals surface area contributed by atoms with Crippen molar-refractivity contribution in [2.45, 2.75) is 157 Å². The van der Waals surface area contributed by atoms with E-state index < -0.39 is 45.2 Å². The number of carbonyl (C=O) groups is 2. The van der Waals surface area contributed by atoms with Crippen LogP contribution in [0.2, 0.25) is 0 Å². The van der Waals surface area contributed by atoms with Gasteiger partial charge in [-0.05, 0) is 163 Å². The number of aliphatic carboxylic acids is 2. The van der Waals surface area contributed by atoms with Crippen molar-refractivity contribution in [3.63, 3.8) is 0 Å². The van der Waals surface area contributed by atoms with Crippen LogP contribution in [0.3, 0.4) is 0 Å². The fourth-order valence-corrected chi connectivity index (χ4v) is 20.1. The molecule has 8 aliphatic rings. The summed E-state index contributed by atoms with van der Waals surface area (Å²) in [6.07, 6.45) is 14.6. The Morgan fingerprint density at radius 2 is 1.44 bits per heavy atom. The van der Waals surface area contributed by atoms with Gasteiger partial charge in [0.15, 0.2) is 9.84 Å². The topological polar surface area (TPSA) is 124 Å². The van der Waals surface area contributed by atoms with E-state index >= 15 is 4.39 Å². The van der Waals surface area contributed by atoms with Gasteiger partial charge in [-0.1, -0.05) is 85.7 Å². The van der Waals surface area contributed by atoms with E-state index in [1.165, 1.54) is 37.7 Å². The number of sulfone groups is 1. The zero-order valence-electron chi connectivity index (χ0n) is 39.3. The largest absolute Gasteiger partial charge is 0.481 e. The molecule has 10 heteroatoms. The summed E-state index contributed by atoms with van der Waals surface area (Å²) < 4.78 is 39.9. The quantitative estimate of drug-likeness (QED) is 0.201. The maximum Gasteiger partial charge on any atom is 0.310 e. The fraction of sp³-hybridized carbons (Fsp3) is 0.846. The molecule has 1 heterocycles. The van der Waals surface area contributed by atoms with E-state index in [4.69, 9.17) is 0 Å². The first-order chi connectivity index (χ1) is 28.9. The summed E-state index contributed by atoms with van der Waals surface area (Å²) in [6, 6.07) is 10.9. The predicted molar refractivity (Wildman–Crippen MR) is 242 cm³/mol. The molecule has 346 valence electrons. The molecule has 0 radical (unpaired) electrons. The Kier molecular flexibility index (Phi) is 10.5. The standard InChI is InChI=1S/C52H79FN2O6S/c1-44(2)38-17-19-49(8)40(47(38,6)18-16-39(44)52(43(58)59)31-37(42(56)57)45(52,3)4)15-14-36-41-50(46(5)20-21-46,30-34-12-10-9-11-13-34)23-25-51(41,24-22-48(36,49)7)54-33-35(32-53)55-26-28-62(60,61)29-27-55/h9-13,35-41,54H,14-33H2,1-8H3,(H,56,57)(H,58,59)/t35-,36+,37-,38+,39-,40+,41+,47+,48+,49+,50+,51-,52+/m0/s1. The monoisotopic (exact) mass is 879 g/mol. The van der Waals surface area contributed by atoms with Crippen LogP contribution >= 0.6 is 0 Å². The highest BCUT2D eigenvalue weighted by molar-refractivity contribution is 7.91. The van der Waals surface area contributed by atoms with Gasteiger partial charge >= 0.3 is 11.9 Å². The lowest BCUT2D eigenvalue weighted by molar-refractivity contribution is -0.270. The van der Waals surface area contributed by atoms with Crippen LogP contribution in [-0.4, -0.2) is 84.9 Å². The van der Waals surface area contributed by atoms with Crippen molar-refractivity contribution in [1.82, 2.24) is 10.2 Å². The minimum atomic E-state index is -3.07. The second-order valence-corrected chi connectivity index (χ2v) is 27.4. The number of carboxylic acids is 2. The normalized spacial score (nSPS) is 46.5. The van der Waals surface area contributed by atoms with E-state index in [9.17, 15) is 28.2 Å². The van der Waals surface area contributed by atoms with Crippen LogP contribution in [0, 0.1) is 78.8 Å². The molecular weight excluding hydrogens is 800 g/mol. The first-order valence-corrected chi connectivity index (χ1v) is 26.5. The zero-order valence-corrected chi connectivity index (χ0v) is 40.1. The number of hydrogen-bond acceptors (Lipinski definition) is 6. The predicted octanol–water partition coefficient (Wildman–Crippen LogP) is 9.71. The molecule has 9 rings (SSSR count). The van der Waals surface area contributed by atoms with Crippen LogP contribution in [0.15, 0.2) is 30.3 Å². The third-order valence-corrected chi connectivity index (χ3v) is 24.4.